The van der Waals surface area contributed by atoms with Crippen molar-refractivity contribution in [1.29, 1.82) is 0 Å². The third kappa shape index (κ3) is 3.06. The van der Waals surface area contributed by atoms with E-state index in [0.717, 1.165) is 22.6 Å². The van der Waals surface area contributed by atoms with Crippen LogP contribution in [-0.4, -0.2) is 37.1 Å². The van der Waals surface area contributed by atoms with E-state index in [1.807, 2.05) is 30.3 Å². The van der Waals surface area contributed by atoms with E-state index >= 15 is 0 Å². The van der Waals surface area contributed by atoms with Crippen LogP contribution in [0.2, 0.25) is 0 Å². The Bertz CT molecular complexity index is 875. The summed E-state index contributed by atoms with van der Waals surface area (Å²) in [5.41, 5.74) is 10.3. The molecule has 1 amide bonds. The van der Waals surface area contributed by atoms with Gasteiger partial charge in [0, 0.05) is 18.7 Å². The molecule has 1 atom stereocenters. The summed E-state index contributed by atoms with van der Waals surface area (Å²) in [4.78, 5) is 14.2. The molecule has 2 aromatic carbocycles. The lowest BCUT2D eigenvalue weighted by molar-refractivity contribution is -0.123. The van der Waals surface area contributed by atoms with E-state index in [9.17, 15) is 4.79 Å². The minimum Gasteiger partial charge on any atom is -0.493 e. The second kappa shape index (κ2) is 6.84. The molecule has 2 heterocycles. The van der Waals surface area contributed by atoms with Gasteiger partial charge in [-0.05, 0) is 35.3 Å². The van der Waals surface area contributed by atoms with Crippen LogP contribution in [0, 0.1) is 0 Å². The van der Waals surface area contributed by atoms with Crippen molar-refractivity contribution in [3.8, 4) is 11.5 Å². The number of benzene rings is 2. The zero-order valence-electron chi connectivity index (χ0n) is 14.8. The van der Waals surface area contributed by atoms with Crippen LogP contribution in [0.5, 0.6) is 11.5 Å². The highest BCUT2D eigenvalue weighted by Gasteiger charge is 2.31. The van der Waals surface area contributed by atoms with E-state index in [0.29, 0.717) is 26.1 Å². The smallest absolute Gasteiger partial charge is 0.235 e. The number of hydrogen-bond acceptors (Lipinski definition) is 4. The molecule has 0 aromatic heterocycles. The first kappa shape index (κ1) is 16.7. The normalized spacial score (nSPS) is 19.0. The summed E-state index contributed by atoms with van der Waals surface area (Å²) >= 11 is 0. The number of carbonyl (C=O) groups excluding carboxylic acids is 1. The molecule has 2 aromatic rings. The first-order valence-electron chi connectivity index (χ1n) is 8.75. The van der Waals surface area contributed by atoms with Crippen molar-refractivity contribution in [2.75, 3.05) is 20.3 Å². The second-order valence-corrected chi connectivity index (χ2v) is 6.77. The van der Waals surface area contributed by atoms with E-state index in [1.165, 1.54) is 11.1 Å². The molecule has 0 bridgehead atoms. The summed E-state index contributed by atoms with van der Waals surface area (Å²) in [5.74, 6) is 1.23. The number of ether oxygens (including phenoxy) is 2. The van der Waals surface area contributed by atoms with Crippen LogP contribution in [0.15, 0.2) is 48.0 Å². The number of nitrogens with zero attached hydrogens (tertiary/aromatic N) is 1. The third-order valence-electron chi connectivity index (χ3n) is 5.07. The van der Waals surface area contributed by atoms with Gasteiger partial charge < -0.3 is 15.2 Å². The summed E-state index contributed by atoms with van der Waals surface area (Å²) in [6.45, 7) is 1.85. The van der Waals surface area contributed by atoms with E-state index < -0.39 is 0 Å². The number of primary amides is 1. The van der Waals surface area contributed by atoms with Gasteiger partial charge in [0.25, 0.3) is 0 Å². The highest BCUT2D eigenvalue weighted by molar-refractivity contribution is 5.80. The van der Waals surface area contributed by atoms with E-state index in [-0.39, 0.29) is 11.9 Å². The van der Waals surface area contributed by atoms with Crippen LogP contribution >= 0.6 is 0 Å². The standard InChI is InChI=1S/C21H22N2O3/c1-25-19-8-4-7-16-9-14(13-26-20(16)19)11-23-12-17-6-3-2-5-15(17)10-18(23)21(22)24/h2-9,18H,10-13H2,1H3,(H2,22,24)/t18-/m0/s1. The molecule has 2 aliphatic rings. The predicted molar refractivity (Wildman–Crippen MR) is 100 cm³/mol. The summed E-state index contributed by atoms with van der Waals surface area (Å²) in [6.07, 6.45) is 2.78. The molecule has 0 unspecified atom stereocenters. The first-order chi connectivity index (χ1) is 12.7. The Morgan fingerprint density at radius 1 is 1.23 bits per heavy atom. The SMILES string of the molecule is COc1cccc2c1OCC(CN1Cc3ccccc3C[C@H]1C(N)=O)=C2. The number of fused-ring (bicyclic) bond motifs is 2. The van der Waals surface area contributed by atoms with E-state index in [4.69, 9.17) is 15.2 Å². The number of rotatable bonds is 4. The van der Waals surface area contributed by atoms with Crippen molar-refractivity contribution in [2.24, 2.45) is 5.73 Å². The van der Waals surface area contributed by atoms with Gasteiger partial charge in [-0.15, -0.1) is 0 Å². The fourth-order valence-corrected chi connectivity index (χ4v) is 3.76. The Kier molecular flexibility index (Phi) is 4.39. The monoisotopic (exact) mass is 350 g/mol. The minimum atomic E-state index is -0.294. The molecule has 0 saturated carbocycles. The lowest BCUT2D eigenvalue weighted by Crippen LogP contribution is -2.49. The van der Waals surface area contributed by atoms with Crippen molar-refractivity contribution < 1.29 is 14.3 Å². The highest BCUT2D eigenvalue weighted by Crippen LogP contribution is 2.36. The number of para-hydroxylation sites is 1. The van der Waals surface area contributed by atoms with Gasteiger partial charge in [0.05, 0.1) is 13.2 Å². The molecular weight excluding hydrogens is 328 g/mol. The predicted octanol–water partition coefficient (Wildman–Crippen LogP) is 2.38. The lowest BCUT2D eigenvalue weighted by Gasteiger charge is -2.36. The van der Waals surface area contributed by atoms with Gasteiger partial charge in [0.15, 0.2) is 11.5 Å². The molecular formula is C21H22N2O3. The van der Waals surface area contributed by atoms with Gasteiger partial charge in [-0.25, -0.2) is 0 Å². The Hall–Kier alpha value is -2.79. The number of methoxy groups -OCH3 is 1. The van der Waals surface area contributed by atoms with Crippen molar-refractivity contribution in [3.05, 3.63) is 64.7 Å². The fourth-order valence-electron chi connectivity index (χ4n) is 3.76. The van der Waals surface area contributed by atoms with E-state index in [2.05, 4.69) is 23.1 Å². The van der Waals surface area contributed by atoms with Gasteiger partial charge in [0.2, 0.25) is 5.91 Å². The molecule has 5 nitrogen and oxygen atoms in total. The number of hydrogen-bond donors (Lipinski definition) is 1. The maximum absolute atomic E-state index is 12.0. The molecule has 2 N–H and O–H groups in total. The van der Waals surface area contributed by atoms with Crippen LogP contribution in [0.3, 0.4) is 0 Å². The molecule has 5 heteroatoms. The maximum atomic E-state index is 12.0. The molecule has 0 radical (unpaired) electrons. The van der Waals surface area contributed by atoms with Crippen LogP contribution in [0.25, 0.3) is 6.08 Å². The quantitative estimate of drug-likeness (QED) is 0.920. The molecule has 0 fully saturated rings. The third-order valence-corrected chi connectivity index (χ3v) is 5.07. The fraction of sp³-hybridized carbons (Fsp3) is 0.286. The van der Waals surface area contributed by atoms with Crippen molar-refractivity contribution in [1.82, 2.24) is 4.90 Å². The summed E-state index contributed by atoms with van der Waals surface area (Å²) in [7, 11) is 1.64. The van der Waals surface area contributed by atoms with E-state index in [1.54, 1.807) is 7.11 Å². The van der Waals surface area contributed by atoms with Crippen molar-refractivity contribution in [2.45, 2.75) is 19.0 Å². The van der Waals surface area contributed by atoms with Gasteiger partial charge in [-0.3, -0.25) is 9.69 Å². The minimum absolute atomic E-state index is 0.279. The zero-order valence-corrected chi connectivity index (χ0v) is 14.8. The molecule has 26 heavy (non-hydrogen) atoms. The molecule has 0 aliphatic carbocycles. The number of amides is 1. The summed E-state index contributed by atoms with van der Waals surface area (Å²) < 4.78 is 11.3. The molecule has 134 valence electrons. The summed E-state index contributed by atoms with van der Waals surface area (Å²) in [5, 5.41) is 0. The Labute approximate surface area is 153 Å². The van der Waals surface area contributed by atoms with Crippen LogP contribution < -0.4 is 15.2 Å². The second-order valence-electron chi connectivity index (χ2n) is 6.77. The van der Waals surface area contributed by atoms with Gasteiger partial charge in [0.1, 0.15) is 6.61 Å². The Morgan fingerprint density at radius 2 is 2.04 bits per heavy atom. The Morgan fingerprint density at radius 3 is 2.81 bits per heavy atom. The number of nitrogens with two attached hydrogens (primary N) is 1. The average molecular weight is 350 g/mol. The first-order valence-corrected chi connectivity index (χ1v) is 8.75. The largest absolute Gasteiger partial charge is 0.493 e. The molecule has 0 saturated heterocycles. The van der Waals surface area contributed by atoms with Crippen LogP contribution in [-0.2, 0) is 17.8 Å². The van der Waals surface area contributed by atoms with Crippen LogP contribution in [0.1, 0.15) is 16.7 Å². The average Bonchev–Trinajstić information content (AvgIpc) is 2.66. The van der Waals surface area contributed by atoms with Gasteiger partial charge in [-0.1, -0.05) is 36.4 Å². The highest BCUT2D eigenvalue weighted by atomic mass is 16.5. The van der Waals surface area contributed by atoms with Crippen LogP contribution in [0.4, 0.5) is 0 Å². The Balaban J connectivity index is 1.60. The molecule has 4 rings (SSSR count). The zero-order chi connectivity index (χ0) is 18.1. The van der Waals surface area contributed by atoms with Gasteiger partial charge >= 0.3 is 0 Å². The summed E-state index contributed by atoms with van der Waals surface area (Å²) in [6, 6.07) is 13.8. The van der Waals surface area contributed by atoms with Gasteiger partial charge in [-0.2, -0.15) is 0 Å². The maximum Gasteiger partial charge on any atom is 0.235 e. The van der Waals surface area contributed by atoms with Crippen molar-refractivity contribution in [3.63, 3.8) is 0 Å². The molecule has 0 spiro atoms. The lowest BCUT2D eigenvalue weighted by atomic mass is 9.93. The molecule has 2 aliphatic heterocycles. The van der Waals surface area contributed by atoms with Crippen molar-refractivity contribution >= 4 is 12.0 Å². The number of carbonyl (C=O) groups is 1. The topological polar surface area (TPSA) is 64.8 Å².